The highest BCUT2D eigenvalue weighted by Crippen LogP contribution is 2.35. The molecule has 6 rings (SSSR count). The van der Waals surface area contributed by atoms with Crippen molar-refractivity contribution in [2.45, 2.75) is 37.5 Å². The molecule has 0 bridgehead atoms. The molecular weight excluding hydrogens is 638 g/mol. The summed E-state index contributed by atoms with van der Waals surface area (Å²) >= 11 is 0. The summed E-state index contributed by atoms with van der Waals surface area (Å²) in [6.07, 6.45) is 1.02. The fraction of sp³-hybridized carbons (Fsp3) is 0.290. The summed E-state index contributed by atoms with van der Waals surface area (Å²) in [4.78, 5) is 34.5. The van der Waals surface area contributed by atoms with Gasteiger partial charge in [-0.3, -0.25) is 4.98 Å². The van der Waals surface area contributed by atoms with Gasteiger partial charge in [-0.25, -0.2) is 42.3 Å². The Morgan fingerprint density at radius 3 is 2.69 bits per heavy atom. The zero-order chi connectivity index (χ0) is 34.0. The lowest BCUT2D eigenvalue weighted by Gasteiger charge is -2.44. The molecular formula is C31H29F4N9O4. The molecule has 17 heteroatoms. The Hall–Kier alpha value is -5.42. The number of hydrogen-bond acceptors (Lipinski definition) is 12. The van der Waals surface area contributed by atoms with Crippen molar-refractivity contribution in [2.24, 2.45) is 5.73 Å². The van der Waals surface area contributed by atoms with E-state index in [0.717, 1.165) is 12.1 Å². The number of carbonyl (C=O) groups excluding carboxylic acids is 1. The van der Waals surface area contributed by atoms with E-state index < -0.39 is 48.2 Å². The molecule has 1 aliphatic heterocycles. The molecule has 5 aromatic rings. The molecule has 0 saturated carbocycles. The molecule has 1 aromatic carbocycles. The van der Waals surface area contributed by atoms with Crippen LogP contribution in [0.4, 0.5) is 29.1 Å². The van der Waals surface area contributed by atoms with Crippen LogP contribution < -0.4 is 21.1 Å². The van der Waals surface area contributed by atoms with Gasteiger partial charge >= 0.3 is 5.97 Å². The highest BCUT2D eigenvalue weighted by Gasteiger charge is 2.43. The first kappa shape index (κ1) is 32.5. The Labute approximate surface area is 270 Å². The maximum Gasteiger partial charge on any atom is 0.359 e. The third-order valence-corrected chi connectivity index (χ3v) is 8.04. The zero-order valence-corrected chi connectivity index (χ0v) is 25.1. The minimum absolute atomic E-state index is 0.0138. The second-order valence-corrected chi connectivity index (χ2v) is 11.2. The van der Waals surface area contributed by atoms with Gasteiger partial charge in [-0.1, -0.05) is 6.07 Å². The molecule has 2 atom stereocenters. The lowest BCUT2D eigenvalue weighted by Crippen LogP contribution is -2.63. The van der Waals surface area contributed by atoms with Gasteiger partial charge in [0, 0.05) is 30.9 Å². The van der Waals surface area contributed by atoms with Crippen LogP contribution in [0, 0.1) is 11.6 Å². The Morgan fingerprint density at radius 1 is 1.08 bits per heavy atom. The van der Waals surface area contributed by atoms with Crippen LogP contribution in [-0.2, 0) is 11.3 Å². The summed E-state index contributed by atoms with van der Waals surface area (Å²) in [6.45, 7) is -0.334. The number of carbonyl (C=O) groups is 1. The molecule has 0 unspecified atom stereocenters. The monoisotopic (exact) mass is 667 g/mol. The summed E-state index contributed by atoms with van der Waals surface area (Å²) in [5.74, 6) is -3.00. The van der Waals surface area contributed by atoms with Crippen molar-refractivity contribution < 1.29 is 36.9 Å². The van der Waals surface area contributed by atoms with Crippen molar-refractivity contribution in [3.8, 4) is 17.0 Å². The molecule has 250 valence electrons. The molecule has 5 N–H and O–H groups in total. The van der Waals surface area contributed by atoms with E-state index in [-0.39, 0.29) is 42.3 Å². The number of piperidine rings is 1. The first-order valence-electron chi connectivity index (χ1n) is 14.6. The molecule has 5 heterocycles. The lowest BCUT2D eigenvalue weighted by molar-refractivity contribution is -0.0529. The normalized spacial score (nSPS) is 17.1. The zero-order valence-electron chi connectivity index (χ0n) is 25.1. The minimum Gasteiger partial charge on any atom is -0.454 e. The number of rotatable bonds is 10. The smallest absolute Gasteiger partial charge is 0.359 e. The van der Waals surface area contributed by atoms with Crippen LogP contribution >= 0.6 is 0 Å². The third-order valence-electron chi connectivity index (χ3n) is 8.04. The van der Waals surface area contributed by atoms with Gasteiger partial charge in [-0.2, -0.15) is 0 Å². The summed E-state index contributed by atoms with van der Waals surface area (Å²) in [6, 6.07) is 7.84. The van der Waals surface area contributed by atoms with E-state index in [2.05, 4.69) is 24.9 Å². The number of alkyl halides is 2. The van der Waals surface area contributed by atoms with Crippen molar-refractivity contribution in [2.75, 3.05) is 30.5 Å². The Kier molecular flexibility index (Phi) is 9.05. The number of imidazole rings is 1. The number of fused-ring (bicyclic) bond motifs is 1. The molecule has 0 radical (unpaired) electrons. The van der Waals surface area contributed by atoms with E-state index in [1.54, 1.807) is 21.6 Å². The molecule has 0 amide bonds. The number of benzene rings is 1. The predicted molar refractivity (Wildman–Crippen MR) is 164 cm³/mol. The van der Waals surface area contributed by atoms with E-state index in [9.17, 15) is 18.7 Å². The number of halogens is 4. The molecule has 1 saturated heterocycles. The second kappa shape index (κ2) is 13.4. The Morgan fingerprint density at radius 2 is 1.92 bits per heavy atom. The van der Waals surface area contributed by atoms with Crippen molar-refractivity contribution in [1.29, 1.82) is 0 Å². The van der Waals surface area contributed by atoms with Crippen molar-refractivity contribution in [3.63, 3.8) is 0 Å². The standard InChI is InChI=1S/C31H29F4N9O4/c32-19-10-24(47-16-48-30(46)21-4-1-2-6-38-21)20(33)9-18(19)22-8-17(12-44-15-42-25-28(36)40-14-41-29(25)44)23(11-39-22)43-7-3-5-31(37,13-43)26(45)27(34)35/h1-2,4,6,8-11,14-15,26-27,45H,3,5,7,12-13,16,37H2,(H2,36,40,41)/t26-,31-/m1/s1. The highest BCUT2D eigenvalue weighted by molar-refractivity contribution is 5.87. The fourth-order valence-electron chi connectivity index (χ4n) is 5.60. The molecule has 0 aliphatic carbocycles. The van der Waals surface area contributed by atoms with Gasteiger partial charge < -0.3 is 35.5 Å². The maximum atomic E-state index is 15.5. The van der Waals surface area contributed by atoms with E-state index in [0.29, 0.717) is 35.4 Å². The fourth-order valence-corrected chi connectivity index (χ4v) is 5.60. The molecule has 1 fully saturated rings. The second-order valence-electron chi connectivity index (χ2n) is 11.2. The summed E-state index contributed by atoms with van der Waals surface area (Å²) in [5, 5.41) is 10.2. The third kappa shape index (κ3) is 6.54. The van der Waals surface area contributed by atoms with Crippen LogP contribution in [0.3, 0.4) is 0 Å². The number of aliphatic hydroxyl groups is 1. The first-order valence-corrected chi connectivity index (χ1v) is 14.6. The van der Waals surface area contributed by atoms with Gasteiger partial charge in [-0.15, -0.1) is 0 Å². The topological polar surface area (TPSA) is 180 Å². The average molecular weight is 668 g/mol. The number of anilines is 2. The summed E-state index contributed by atoms with van der Waals surface area (Å²) in [7, 11) is 0. The lowest BCUT2D eigenvalue weighted by atomic mass is 9.84. The largest absolute Gasteiger partial charge is 0.454 e. The molecule has 0 spiro atoms. The van der Waals surface area contributed by atoms with Crippen molar-refractivity contribution in [3.05, 3.63) is 84.3 Å². The van der Waals surface area contributed by atoms with Gasteiger partial charge in [0.25, 0.3) is 6.43 Å². The number of nitrogen functional groups attached to an aromatic ring is 1. The molecule has 48 heavy (non-hydrogen) atoms. The predicted octanol–water partition coefficient (Wildman–Crippen LogP) is 3.31. The Balaban J connectivity index is 1.31. The van der Waals surface area contributed by atoms with E-state index in [4.69, 9.17) is 20.9 Å². The maximum absolute atomic E-state index is 15.5. The quantitative estimate of drug-likeness (QED) is 0.113. The highest BCUT2D eigenvalue weighted by atomic mass is 19.3. The van der Waals surface area contributed by atoms with E-state index >= 15 is 8.78 Å². The van der Waals surface area contributed by atoms with Gasteiger partial charge in [-0.05, 0) is 42.7 Å². The SMILES string of the molecule is Nc1ncnc2c1ncn2Cc1cc(-c2cc(F)c(OCOC(=O)c3ccccn3)cc2F)ncc1N1CCC[C@](N)([C@H](O)C(F)F)C1. The van der Waals surface area contributed by atoms with E-state index in [1.807, 2.05) is 0 Å². The van der Waals surface area contributed by atoms with Gasteiger partial charge in [0.1, 0.15) is 29.5 Å². The summed E-state index contributed by atoms with van der Waals surface area (Å²) < 4.78 is 69.4. The molecule has 4 aromatic heterocycles. The van der Waals surface area contributed by atoms with Gasteiger partial charge in [0.2, 0.25) is 6.79 Å². The number of hydrogen-bond donors (Lipinski definition) is 3. The van der Waals surface area contributed by atoms with Crippen LogP contribution in [0.2, 0.25) is 0 Å². The number of ether oxygens (including phenoxy) is 2. The number of aromatic nitrogens is 6. The number of nitrogens with zero attached hydrogens (tertiary/aromatic N) is 7. The van der Waals surface area contributed by atoms with Crippen molar-refractivity contribution >= 4 is 28.6 Å². The Bertz CT molecular complexity index is 1950. The van der Waals surface area contributed by atoms with Crippen LogP contribution in [0.15, 0.2) is 61.4 Å². The van der Waals surface area contributed by atoms with Crippen molar-refractivity contribution in [1.82, 2.24) is 29.5 Å². The van der Waals surface area contributed by atoms with Crippen LogP contribution in [0.1, 0.15) is 28.9 Å². The number of nitrogens with two attached hydrogens (primary N) is 2. The van der Waals surface area contributed by atoms with E-state index in [1.165, 1.54) is 37.2 Å². The number of esters is 1. The minimum atomic E-state index is -3.05. The average Bonchev–Trinajstić information content (AvgIpc) is 3.49. The van der Waals surface area contributed by atoms with Crippen LogP contribution in [0.25, 0.3) is 22.4 Å². The number of pyridine rings is 2. The van der Waals surface area contributed by atoms with Gasteiger partial charge in [0.15, 0.2) is 23.0 Å². The molecule has 13 nitrogen and oxygen atoms in total. The van der Waals surface area contributed by atoms with Gasteiger partial charge in [0.05, 0.1) is 36.0 Å². The first-order chi connectivity index (χ1) is 23.0. The molecule has 1 aliphatic rings. The summed E-state index contributed by atoms with van der Waals surface area (Å²) in [5.41, 5.74) is 12.2. The number of aliphatic hydroxyl groups excluding tert-OH is 1. The van der Waals surface area contributed by atoms with Crippen LogP contribution in [-0.4, -0.2) is 78.5 Å². The van der Waals surface area contributed by atoms with Crippen LogP contribution in [0.5, 0.6) is 5.75 Å².